The number of hydrogen-bond donors (Lipinski definition) is 2. The van der Waals surface area contributed by atoms with Crippen molar-refractivity contribution in [1.29, 1.82) is 0 Å². The fourth-order valence-corrected chi connectivity index (χ4v) is 2.19. The molecule has 0 saturated carbocycles. The van der Waals surface area contributed by atoms with Crippen LogP contribution in [0, 0.1) is 6.92 Å². The lowest BCUT2D eigenvalue weighted by Crippen LogP contribution is -2.41. The van der Waals surface area contributed by atoms with E-state index in [0.29, 0.717) is 5.02 Å². The van der Waals surface area contributed by atoms with Crippen molar-refractivity contribution in [2.45, 2.75) is 25.8 Å². The summed E-state index contributed by atoms with van der Waals surface area (Å²) in [6.45, 7) is 3.67. The van der Waals surface area contributed by atoms with Crippen molar-refractivity contribution in [3.8, 4) is 0 Å². The van der Waals surface area contributed by atoms with Crippen LogP contribution in [-0.2, 0) is 9.53 Å². The van der Waals surface area contributed by atoms with Gasteiger partial charge in [-0.15, -0.1) is 0 Å². The summed E-state index contributed by atoms with van der Waals surface area (Å²) in [6.07, 6.45) is 1.78. The highest BCUT2D eigenvalue weighted by molar-refractivity contribution is 6.31. The maximum absolute atomic E-state index is 11.8. The summed E-state index contributed by atoms with van der Waals surface area (Å²) in [5, 5.41) is 6.78. The Hall–Kier alpha value is -1.26. The molecule has 0 spiro atoms. The minimum atomic E-state index is 0.00333. The summed E-state index contributed by atoms with van der Waals surface area (Å²) in [5.74, 6) is 0.00333. The van der Waals surface area contributed by atoms with Gasteiger partial charge < -0.3 is 15.4 Å². The van der Waals surface area contributed by atoms with Crippen molar-refractivity contribution in [3.63, 3.8) is 0 Å². The summed E-state index contributed by atoms with van der Waals surface area (Å²) in [6, 6.07) is 5.92. The van der Waals surface area contributed by atoms with E-state index in [4.69, 9.17) is 16.3 Å². The maximum atomic E-state index is 11.8. The Balaban J connectivity index is 1.77. The van der Waals surface area contributed by atoms with Crippen LogP contribution in [-0.4, -0.2) is 31.7 Å². The molecule has 1 aromatic carbocycles. The fourth-order valence-electron chi connectivity index (χ4n) is 2.01. The highest BCUT2D eigenvalue weighted by atomic mass is 35.5. The number of halogens is 1. The predicted octanol–water partition coefficient (Wildman–Crippen LogP) is 2.36. The first-order valence-corrected chi connectivity index (χ1v) is 6.90. The molecule has 0 bridgehead atoms. The topological polar surface area (TPSA) is 50.4 Å². The Morgan fingerprint density at radius 1 is 1.42 bits per heavy atom. The van der Waals surface area contributed by atoms with Gasteiger partial charge in [-0.1, -0.05) is 17.7 Å². The van der Waals surface area contributed by atoms with Gasteiger partial charge in [-0.3, -0.25) is 4.79 Å². The number of carbonyl (C=O) groups is 1. The zero-order valence-electron chi connectivity index (χ0n) is 11.0. The molecular weight excluding hydrogens is 264 g/mol. The number of ether oxygens (including phenoxy) is 1. The van der Waals surface area contributed by atoms with Gasteiger partial charge in [0.15, 0.2) is 0 Å². The lowest BCUT2D eigenvalue weighted by atomic mass is 10.1. The first kappa shape index (κ1) is 14.2. The molecule has 1 aliphatic rings. The van der Waals surface area contributed by atoms with Gasteiger partial charge in [-0.05, 0) is 37.5 Å². The van der Waals surface area contributed by atoms with Crippen LogP contribution in [0.5, 0.6) is 0 Å². The van der Waals surface area contributed by atoms with E-state index in [2.05, 4.69) is 10.6 Å². The number of hydrogen-bond acceptors (Lipinski definition) is 3. The SMILES string of the molecule is Cc1ccc(NCC(=O)NC2CCOCC2)cc1Cl. The first-order chi connectivity index (χ1) is 9.15. The van der Waals surface area contributed by atoms with E-state index in [0.717, 1.165) is 37.3 Å². The molecule has 19 heavy (non-hydrogen) atoms. The van der Waals surface area contributed by atoms with Crippen LogP contribution in [0.25, 0.3) is 0 Å². The number of aryl methyl sites for hydroxylation is 1. The molecule has 4 nitrogen and oxygen atoms in total. The normalized spacial score (nSPS) is 16.1. The third kappa shape index (κ3) is 4.40. The molecule has 2 rings (SSSR count). The number of rotatable bonds is 4. The van der Waals surface area contributed by atoms with Crippen LogP contribution in [0.15, 0.2) is 18.2 Å². The fraction of sp³-hybridized carbons (Fsp3) is 0.500. The molecule has 1 aliphatic heterocycles. The van der Waals surface area contributed by atoms with E-state index in [1.165, 1.54) is 0 Å². The molecule has 1 fully saturated rings. The van der Waals surface area contributed by atoms with Gasteiger partial charge in [0, 0.05) is 30.0 Å². The third-order valence-electron chi connectivity index (χ3n) is 3.21. The molecule has 1 aromatic rings. The number of nitrogens with one attached hydrogen (secondary N) is 2. The number of carbonyl (C=O) groups excluding carboxylic acids is 1. The van der Waals surface area contributed by atoms with Gasteiger partial charge in [0.25, 0.3) is 0 Å². The van der Waals surface area contributed by atoms with Gasteiger partial charge in [0.2, 0.25) is 5.91 Å². The maximum Gasteiger partial charge on any atom is 0.239 e. The highest BCUT2D eigenvalue weighted by Gasteiger charge is 2.15. The lowest BCUT2D eigenvalue weighted by Gasteiger charge is -2.23. The first-order valence-electron chi connectivity index (χ1n) is 6.52. The highest BCUT2D eigenvalue weighted by Crippen LogP contribution is 2.19. The summed E-state index contributed by atoms with van der Waals surface area (Å²) in [5.41, 5.74) is 1.89. The molecule has 1 saturated heterocycles. The van der Waals surface area contributed by atoms with Crippen molar-refractivity contribution in [3.05, 3.63) is 28.8 Å². The minimum Gasteiger partial charge on any atom is -0.381 e. The Bertz CT molecular complexity index is 445. The van der Waals surface area contributed by atoms with Gasteiger partial charge in [0.1, 0.15) is 0 Å². The Kier molecular flexibility index (Phi) is 5.05. The standard InChI is InChI=1S/C14H19ClN2O2/c1-10-2-3-12(8-13(10)15)16-9-14(18)17-11-4-6-19-7-5-11/h2-3,8,11,16H,4-7,9H2,1H3,(H,17,18). The second-order valence-corrected chi connectivity index (χ2v) is 5.18. The van der Waals surface area contributed by atoms with E-state index in [-0.39, 0.29) is 18.5 Å². The number of benzene rings is 1. The number of anilines is 1. The molecule has 2 N–H and O–H groups in total. The summed E-state index contributed by atoms with van der Waals surface area (Å²) >= 11 is 6.03. The monoisotopic (exact) mass is 282 g/mol. The van der Waals surface area contributed by atoms with Gasteiger partial charge in [-0.2, -0.15) is 0 Å². The Morgan fingerprint density at radius 2 is 2.16 bits per heavy atom. The third-order valence-corrected chi connectivity index (χ3v) is 3.62. The predicted molar refractivity (Wildman–Crippen MR) is 76.7 cm³/mol. The van der Waals surface area contributed by atoms with Crippen LogP contribution in [0.3, 0.4) is 0 Å². The van der Waals surface area contributed by atoms with E-state index in [1.807, 2.05) is 25.1 Å². The second kappa shape index (κ2) is 6.78. The summed E-state index contributed by atoms with van der Waals surface area (Å²) < 4.78 is 5.25. The Labute approximate surface area is 118 Å². The van der Waals surface area contributed by atoms with Gasteiger partial charge >= 0.3 is 0 Å². The summed E-state index contributed by atoms with van der Waals surface area (Å²) in [4.78, 5) is 11.8. The van der Waals surface area contributed by atoms with E-state index in [9.17, 15) is 4.79 Å². The molecule has 0 atom stereocenters. The average molecular weight is 283 g/mol. The molecule has 1 heterocycles. The van der Waals surface area contributed by atoms with E-state index in [1.54, 1.807) is 0 Å². The molecule has 104 valence electrons. The molecule has 1 amide bonds. The van der Waals surface area contributed by atoms with Crippen molar-refractivity contribution in [2.24, 2.45) is 0 Å². The molecule has 0 unspecified atom stereocenters. The molecule has 0 aromatic heterocycles. The number of amides is 1. The van der Waals surface area contributed by atoms with Crippen molar-refractivity contribution < 1.29 is 9.53 Å². The van der Waals surface area contributed by atoms with Crippen LogP contribution >= 0.6 is 11.6 Å². The second-order valence-electron chi connectivity index (χ2n) is 4.77. The van der Waals surface area contributed by atoms with Crippen LogP contribution in [0.2, 0.25) is 5.02 Å². The lowest BCUT2D eigenvalue weighted by molar-refractivity contribution is -0.120. The zero-order chi connectivity index (χ0) is 13.7. The van der Waals surface area contributed by atoms with Gasteiger partial charge in [-0.25, -0.2) is 0 Å². The largest absolute Gasteiger partial charge is 0.381 e. The van der Waals surface area contributed by atoms with Crippen molar-refractivity contribution in [2.75, 3.05) is 25.1 Å². The van der Waals surface area contributed by atoms with Crippen LogP contribution in [0.4, 0.5) is 5.69 Å². The van der Waals surface area contributed by atoms with Crippen LogP contribution in [0.1, 0.15) is 18.4 Å². The molecular formula is C14H19ClN2O2. The quantitative estimate of drug-likeness (QED) is 0.891. The van der Waals surface area contributed by atoms with Crippen molar-refractivity contribution in [1.82, 2.24) is 5.32 Å². The smallest absolute Gasteiger partial charge is 0.239 e. The van der Waals surface area contributed by atoms with E-state index >= 15 is 0 Å². The average Bonchev–Trinajstić information content (AvgIpc) is 2.41. The zero-order valence-corrected chi connectivity index (χ0v) is 11.8. The summed E-state index contributed by atoms with van der Waals surface area (Å²) in [7, 11) is 0. The Morgan fingerprint density at radius 3 is 2.84 bits per heavy atom. The molecule has 0 aliphatic carbocycles. The minimum absolute atomic E-state index is 0.00333. The van der Waals surface area contributed by atoms with E-state index < -0.39 is 0 Å². The van der Waals surface area contributed by atoms with Crippen molar-refractivity contribution >= 4 is 23.2 Å². The molecule has 0 radical (unpaired) electrons. The van der Waals surface area contributed by atoms with Crippen LogP contribution < -0.4 is 10.6 Å². The molecule has 5 heteroatoms. The van der Waals surface area contributed by atoms with Gasteiger partial charge in [0.05, 0.1) is 6.54 Å².